The molecule has 1 aromatic heterocycles. The number of rotatable bonds is 6. The van der Waals surface area contributed by atoms with E-state index < -0.39 is 5.97 Å². The molecular weight excluding hydrogens is 400 g/mol. The summed E-state index contributed by atoms with van der Waals surface area (Å²) in [6, 6.07) is 13.9. The maximum absolute atomic E-state index is 12.6. The minimum absolute atomic E-state index is 0.225. The number of nitrogens with one attached hydrogen (secondary N) is 1. The third-order valence-corrected chi connectivity index (χ3v) is 4.95. The Bertz CT molecular complexity index is 1000. The lowest BCUT2D eigenvalue weighted by Crippen LogP contribution is -2.14. The number of thiazole rings is 1. The third kappa shape index (κ3) is 4.88. The number of esters is 1. The monoisotopic (exact) mass is 416 g/mol. The number of hydrogen-bond donors (Lipinski definition) is 1. The van der Waals surface area contributed by atoms with E-state index in [9.17, 15) is 9.59 Å². The van der Waals surface area contributed by atoms with E-state index in [0.29, 0.717) is 21.5 Å². The largest absolute Gasteiger partial charge is 0.482 e. The summed E-state index contributed by atoms with van der Waals surface area (Å²) in [6.07, 6.45) is 0. The van der Waals surface area contributed by atoms with E-state index in [1.54, 1.807) is 36.4 Å². The highest BCUT2D eigenvalue weighted by Crippen LogP contribution is 2.31. The zero-order chi connectivity index (χ0) is 20.1. The van der Waals surface area contributed by atoms with Gasteiger partial charge in [0.15, 0.2) is 11.7 Å². The van der Waals surface area contributed by atoms with Crippen LogP contribution in [0, 0.1) is 6.92 Å². The Labute approximate surface area is 171 Å². The number of benzene rings is 2. The first-order valence-electron chi connectivity index (χ1n) is 8.30. The van der Waals surface area contributed by atoms with Crippen molar-refractivity contribution in [1.29, 1.82) is 0 Å². The molecule has 0 spiro atoms. The van der Waals surface area contributed by atoms with Crippen LogP contribution in [0.5, 0.6) is 5.75 Å². The van der Waals surface area contributed by atoms with Crippen molar-refractivity contribution in [2.24, 2.45) is 0 Å². The van der Waals surface area contributed by atoms with E-state index in [4.69, 9.17) is 16.3 Å². The van der Waals surface area contributed by atoms with Crippen LogP contribution in [0.1, 0.15) is 15.2 Å². The quantitative estimate of drug-likeness (QED) is 0.595. The molecule has 0 unspecified atom stereocenters. The van der Waals surface area contributed by atoms with Gasteiger partial charge in [-0.2, -0.15) is 0 Å². The molecule has 1 N–H and O–H groups in total. The van der Waals surface area contributed by atoms with Crippen LogP contribution in [0.2, 0.25) is 5.02 Å². The van der Waals surface area contributed by atoms with Gasteiger partial charge < -0.3 is 9.47 Å². The van der Waals surface area contributed by atoms with Gasteiger partial charge in [-0.25, -0.2) is 9.78 Å². The molecule has 0 radical (unpaired) electrons. The molecule has 0 aliphatic heterocycles. The van der Waals surface area contributed by atoms with Crippen LogP contribution >= 0.6 is 22.9 Å². The Morgan fingerprint density at radius 1 is 1.18 bits per heavy atom. The number of aryl methyl sites for hydroxylation is 1. The predicted octanol–water partition coefficient (Wildman–Crippen LogP) is 4.58. The molecule has 144 valence electrons. The molecule has 0 fully saturated rings. The highest BCUT2D eigenvalue weighted by molar-refractivity contribution is 7.16. The van der Waals surface area contributed by atoms with Gasteiger partial charge in [-0.1, -0.05) is 29.8 Å². The highest BCUT2D eigenvalue weighted by atomic mass is 35.5. The molecule has 1 amide bonds. The van der Waals surface area contributed by atoms with E-state index in [0.717, 1.165) is 16.1 Å². The third-order valence-electron chi connectivity index (χ3n) is 3.82. The zero-order valence-corrected chi connectivity index (χ0v) is 16.8. The number of nitrogens with zero attached hydrogens (tertiary/aromatic N) is 1. The van der Waals surface area contributed by atoms with Gasteiger partial charge in [0.2, 0.25) is 0 Å². The minimum Gasteiger partial charge on any atom is -0.482 e. The molecule has 0 saturated heterocycles. The van der Waals surface area contributed by atoms with E-state index in [1.165, 1.54) is 18.4 Å². The van der Waals surface area contributed by atoms with Gasteiger partial charge in [0, 0.05) is 21.0 Å². The van der Waals surface area contributed by atoms with Crippen molar-refractivity contribution in [3.8, 4) is 17.0 Å². The molecule has 1 heterocycles. The number of anilines is 1. The lowest BCUT2D eigenvalue weighted by Gasteiger charge is -2.07. The second-order valence-corrected chi connectivity index (χ2v) is 7.42. The Morgan fingerprint density at radius 3 is 2.64 bits per heavy atom. The Balaban J connectivity index is 1.72. The fourth-order valence-corrected chi connectivity index (χ4v) is 3.38. The number of carbonyl (C=O) groups is 2. The minimum atomic E-state index is -0.497. The van der Waals surface area contributed by atoms with Crippen LogP contribution in [0.15, 0.2) is 48.5 Å². The van der Waals surface area contributed by atoms with E-state index in [1.807, 2.05) is 19.1 Å². The summed E-state index contributed by atoms with van der Waals surface area (Å²) in [5.74, 6) is -0.419. The van der Waals surface area contributed by atoms with Crippen molar-refractivity contribution < 1.29 is 19.1 Å². The molecular formula is C20H17ClN2O4S. The Kier molecular flexibility index (Phi) is 6.28. The number of hydrogen-bond acceptors (Lipinski definition) is 6. The van der Waals surface area contributed by atoms with Gasteiger partial charge in [-0.15, -0.1) is 11.3 Å². The van der Waals surface area contributed by atoms with Gasteiger partial charge in [-0.05, 0) is 37.3 Å². The van der Waals surface area contributed by atoms with Crippen LogP contribution in [-0.2, 0) is 9.53 Å². The molecule has 0 atom stereocenters. The lowest BCUT2D eigenvalue weighted by molar-refractivity contribution is -0.142. The number of halogens is 1. The number of carbonyl (C=O) groups excluding carboxylic acids is 2. The Hall–Kier alpha value is -2.90. The summed E-state index contributed by atoms with van der Waals surface area (Å²) in [6.45, 7) is 1.72. The molecule has 6 nitrogen and oxygen atoms in total. The average Bonchev–Trinajstić information content (AvgIpc) is 3.06. The maximum atomic E-state index is 12.6. The van der Waals surface area contributed by atoms with Crippen molar-refractivity contribution in [2.45, 2.75) is 6.92 Å². The van der Waals surface area contributed by atoms with E-state index >= 15 is 0 Å². The zero-order valence-electron chi connectivity index (χ0n) is 15.2. The maximum Gasteiger partial charge on any atom is 0.343 e. The van der Waals surface area contributed by atoms with Crippen molar-refractivity contribution in [3.05, 3.63) is 64.0 Å². The second kappa shape index (κ2) is 8.86. The van der Waals surface area contributed by atoms with Gasteiger partial charge in [0.25, 0.3) is 5.91 Å². The topological polar surface area (TPSA) is 77.5 Å². The summed E-state index contributed by atoms with van der Waals surface area (Å²) >= 11 is 7.32. The summed E-state index contributed by atoms with van der Waals surface area (Å²) < 4.78 is 9.84. The van der Waals surface area contributed by atoms with Crippen LogP contribution in [0.4, 0.5) is 5.13 Å². The summed E-state index contributed by atoms with van der Waals surface area (Å²) in [5.41, 5.74) is 2.12. The van der Waals surface area contributed by atoms with E-state index in [2.05, 4.69) is 15.0 Å². The van der Waals surface area contributed by atoms with Crippen LogP contribution in [0.25, 0.3) is 11.3 Å². The van der Waals surface area contributed by atoms with Crippen molar-refractivity contribution in [2.75, 3.05) is 19.0 Å². The highest BCUT2D eigenvalue weighted by Gasteiger charge is 2.14. The van der Waals surface area contributed by atoms with Gasteiger partial charge in [0.05, 0.1) is 12.8 Å². The number of ether oxygens (including phenoxy) is 2. The van der Waals surface area contributed by atoms with Crippen LogP contribution in [0.3, 0.4) is 0 Å². The van der Waals surface area contributed by atoms with Crippen molar-refractivity contribution in [1.82, 2.24) is 4.98 Å². The molecule has 2 aromatic carbocycles. The normalized spacial score (nSPS) is 10.4. The van der Waals surface area contributed by atoms with Crippen molar-refractivity contribution in [3.63, 3.8) is 0 Å². The summed E-state index contributed by atoms with van der Waals surface area (Å²) in [7, 11) is 1.28. The molecule has 0 aliphatic carbocycles. The molecule has 3 rings (SSSR count). The lowest BCUT2D eigenvalue weighted by atomic mass is 10.1. The molecule has 0 aliphatic rings. The SMILES string of the molecule is COC(=O)COc1cccc(C(=O)Nc2nc(-c3ccc(Cl)cc3)c(C)s2)c1. The van der Waals surface area contributed by atoms with Crippen LogP contribution < -0.4 is 10.1 Å². The Morgan fingerprint density at radius 2 is 1.93 bits per heavy atom. The summed E-state index contributed by atoms with van der Waals surface area (Å²) in [4.78, 5) is 29.2. The molecule has 3 aromatic rings. The average molecular weight is 417 g/mol. The first kappa shape index (κ1) is 19.9. The fourth-order valence-electron chi connectivity index (χ4n) is 2.42. The van der Waals surface area contributed by atoms with Crippen LogP contribution in [-0.4, -0.2) is 30.6 Å². The molecule has 0 saturated carbocycles. The molecule has 28 heavy (non-hydrogen) atoms. The van der Waals surface area contributed by atoms with Gasteiger partial charge >= 0.3 is 5.97 Å². The van der Waals surface area contributed by atoms with Gasteiger partial charge in [0.1, 0.15) is 5.75 Å². The molecule has 8 heteroatoms. The number of methoxy groups -OCH3 is 1. The number of amides is 1. The smallest absolute Gasteiger partial charge is 0.343 e. The van der Waals surface area contributed by atoms with E-state index in [-0.39, 0.29) is 12.5 Å². The summed E-state index contributed by atoms with van der Waals surface area (Å²) in [5, 5.41) is 3.95. The predicted molar refractivity (Wildman–Crippen MR) is 109 cm³/mol. The van der Waals surface area contributed by atoms with Crippen molar-refractivity contribution >= 4 is 39.9 Å². The molecule has 0 bridgehead atoms. The number of aromatic nitrogens is 1. The first-order chi connectivity index (χ1) is 13.5. The van der Waals surface area contributed by atoms with Gasteiger partial charge in [-0.3, -0.25) is 10.1 Å². The standard InChI is InChI=1S/C20H17ClN2O4S/c1-12-18(13-6-8-15(21)9-7-13)22-20(28-12)23-19(25)14-4-3-5-16(10-14)27-11-17(24)26-2/h3-10H,11H2,1-2H3,(H,22,23,25). The first-order valence-corrected chi connectivity index (χ1v) is 9.50. The fraction of sp³-hybridized carbons (Fsp3) is 0.150. The second-order valence-electron chi connectivity index (χ2n) is 5.78.